The number of anilines is 2. The molecule has 1 N–H and O–H groups in total. The fourth-order valence-corrected chi connectivity index (χ4v) is 5.27. The number of carbonyl (C=O) groups excluding carboxylic acids is 3. The lowest BCUT2D eigenvalue weighted by Crippen LogP contribution is -2.29. The average molecular weight is 556 g/mol. The molecule has 1 aliphatic rings. The van der Waals surface area contributed by atoms with Crippen LogP contribution in [0.2, 0.25) is 0 Å². The Labute approximate surface area is 236 Å². The van der Waals surface area contributed by atoms with Crippen LogP contribution in [0.1, 0.15) is 33.8 Å². The summed E-state index contributed by atoms with van der Waals surface area (Å²) in [5.41, 5.74) is 6.94. The number of thiazole rings is 1. The molecule has 40 heavy (non-hydrogen) atoms. The Morgan fingerprint density at radius 1 is 1.02 bits per heavy atom. The van der Waals surface area contributed by atoms with Crippen LogP contribution >= 0.6 is 11.3 Å². The summed E-state index contributed by atoms with van der Waals surface area (Å²) in [6.07, 6.45) is 0.417. The number of ether oxygens (including phenoxy) is 1. The van der Waals surface area contributed by atoms with E-state index < -0.39 is 11.9 Å². The number of nitrogens with one attached hydrogen (secondary N) is 1. The number of fused-ring (bicyclic) bond motifs is 2. The van der Waals surface area contributed by atoms with Crippen LogP contribution in [-0.4, -0.2) is 68.2 Å². The summed E-state index contributed by atoms with van der Waals surface area (Å²) in [6.45, 7) is 0.671. The number of methoxy groups -OCH3 is 1. The Balaban J connectivity index is 1.53. The average Bonchev–Trinajstić information content (AvgIpc) is 3.56. The Morgan fingerprint density at radius 3 is 2.50 bits per heavy atom. The number of amides is 2. The van der Waals surface area contributed by atoms with Gasteiger partial charge < -0.3 is 19.9 Å². The van der Waals surface area contributed by atoms with E-state index in [0.717, 1.165) is 27.0 Å². The fraction of sp³-hybridized carbons (Fsp3) is 0.233. The van der Waals surface area contributed by atoms with Gasteiger partial charge in [0.05, 0.1) is 39.8 Å². The van der Waals surface area contributed by atoms with Crippen molar-refractivity contribution in [3.63, 3.8) is 0 Å². The second kappa shape index (κ2) is 11.4. The predicted molar refractivity (Wildman–Crippen MR) is 158 cm³/mol. The lowest BCUT2D eigenvalue weighted by molar-refractivity contribution is -0.118. The number of hydrogen-bond donors (Lipinski definition) is 1. The second-order valence-electron chi connectivity index (χ2n) is 9.77. The number of esters is 1. The van der Waals surface area contributed by atoms with Gasteiger partial charge >= 0.3 is 5.97 Å². The summed E-state index contributed by atoms with van der Waals surface area (Å²) in [4.78, 5) is 51.0. The summed E-state index contributed by atoms with van der Waals surface area (Å²) in [7, 11) is 6.95. The van der Waals surface area contributed by atoms with E-state index in [1.807, 2.05) is 61.5 Å². The van der Waals surface area contributed by atoms with Crippen LogP contribution < -0.4 is 10.2 Å². The zero-order valence-electron chi connectivity index (χ0n) is 22.7. The third kappa shape index (κ3) is 5.49. The van der Waals surface area contributed by atoms with Gasteiger partial charge in [0.2, 0.25) is 11.8 Å². The van der Waals surface area contributed by atoms with Crippen molar-refractivity contribution in [2.24, 2.45) is 4.99 Å². The molecule has 0 saturated heterocycles. The van der Waals surface area contributed by atoms with Crippen molar-refractivity contribution in [1.29, 1.82) is 0 Å². The molecular formula is C30H29N5O4S. The number of aromatic nitrogens is 1. The standard InChI is InChI=1S/C30H29N5O4S/c1-34(2)14-13-26(36)35(3)21-9-7-20(8-10-21)32-28(18-6-12-25-24(15-18)31-17-40-25)27-22-11-5-19(30(38)39-4)16-23(22)33-29(27)37/h5-12,15-17,27H,13-14H2,1-4H3,(H,33,37). The molecule has 1 atom stereocenters. The highest BCUT2D eigenvalue weighted by Gasteiger charge is 2.36. The van der Waals surface area contributed by atoms with Crippen molar-refractivity contribution >= 4 is 62.1 Å². The highest BCUT2D eigenvalue weighted by atomic mass is 32.1. The number of benzene rings is 3. The summed E-state index contributed by atoms with van der Waals surface area (Å²) < 4.78 is 5.87. The molecule has 0 spiro atoms. The van der Waals surface area contributed by atoms with Gasteiger partial charge in [-0.1, -0.05) is 12.1 Å². The summed E-state index contributed by atoms with van der Waals surface area (Å²) in [6, 6.07) is 18.2. The molecular weight excluding hydrogens is 526 g/mol. The van der Waals surface area contributed by atoms with E-state index in [-0.39, 0.29) is 11.8 Å². The van der Waals surface area contributed by atoms with Crippen molar-refractivity contribution in [3.05, 3.63) is 82.9 Å². The molecule has 5 rings (SSSR count). The molecule has 4 aromatic rings. The van der Waals surface area contributed by atoms with Crippen LogP contribution in [0.4, 0.5) is 17.1 Å². The predicted octanol–water partition coefficient (Wildman–Crippen LogP) is 4.85. The SMILES string of the molecule is COC(=O)c1ccc2c(c1)NC(=O)C2C(=Nc1ccc(N(C)C(=O)CCN(C)C)cc1)c1ccc2scnc2c1. The number of carbonyl (C=O) groups is 3. The van der Waals surface area contributed by atoms with E-state index in [0.29, 0.717) is 35.6 Å². The molecule has 0 aliphatic carbocycles. The maximum absolute atomic E-state index is 13.4. The first-order valence-electron chi connectivity index (χ1n) is 12.7. The van der Waals surface area contributed by atoms with Gasteiger partial charge in [0.25, 0.3) is 0 Å². The summed E-state index contributed by atoms with van der Waals surface area (Å²) in [5.74, 6) is -1.40. The van der Waals surface area contributed by atoms with Crippen LogP contribution in [0.3, 0.4) is 0 Å². The minimum atomic E-state index is -0.701. The highest BCUT2D eigenvalue weighted by molar-refractivity contribution is 7.16. The van der Waals surface area contributed by atoms with Crippen molar-refractivity contribution < 1.29 is 19.1 Å². The molecule has 0 radical (unpaired) electrons. The van der Waals surface area contributed by atoms with Crippen molar-refractivity contribution in [2.75, 3.05) is 45.0 Å². The zero-order chi connectivity index (χ0) is 28.4. The molecule has 0 saturated carbocycles. The first-order valence-corrected chi connectivity index (χ1v) is 13.6. The van der Waals surface area contributed by atoms with Gasteiger partial charge in [-0.2, -0.15) is 0 Å². The van der Waals surface area contributed by atoms with Crippen molar-refractivity contribution in [3.8, 4) is 0 Å². The Kier molecular flexibility index (Phi) is 7.72. The van der Waals surface area contributed by atoms with Crippen LogP contribution in [-0.2, 0) is 14.3 Å². The quantitative estimate of drug-likeness (QED) is 0.246. The van der Waals surface area contributed by atoms with Crippen LogP contribution in [0.5, 0.6) is 0 Å². The number of nitrogens with zero attached hydrogens (tertiary/aromatic N) is 4. The third-order valence-electron chi connectivity index (χ3n) is 6.84. The molecule has 0 bridgehead atoms. The van der Waals surface area contributed by atoms with Gasteiger partial charge in [-0.05, 0) is 73.8 Å². The molecule has 2 heterocycles. The number of rotatable bonds is 8. The lowest BCUT2D eigenvalue weighted by atomic mass is 9.90. The minimum absolute atomic E-state index is 0.0211. The molecule has 1 aliphatic heterocycles. The number of aliphatic imine (C=N–C) groups is 1. The van der Waals surface area contributed by atoms with Gasteiger partial charge in [0.15, 0.2) is 0 Å². The molecule has 1 aromatic heterocycles. The van der Waals surface area contributed by atoms with Gasteiger partial charge in [-0.15, -0.1) is 11.3 Å². The van der Waals surface area contributed by atoms with Gasteiger partial charge in [0.1, 0.15) is 5.92 Å². The zero-order valence-corrected chi connectivity index (χ0v) is 23.5. The van der Waals surface area contributed by atoms with Crippen LogP contribution in [0, 0.1) is 0 Å². The third-order valence-corrected chi connectivity index (χ3v) is 7.65. The normalized spacial score (nSPS) is 14.8. The van der Waals surface area contributed by atoms with E-state index in [9.17, 15) is 14.4 Å². The van der Waals surface area contributed by atoms with E-state index in [1.165, 1.54) is 7.11 Å². The summed E-state index contributed by atoms with van der Waals surface area (Å²) in [5, 5.41) is 2.90. The van der Waals surface area contributed by atoms with Crippen molar-refractivity contribution in [1.82, 2.24) is 9.88 Å². The largest absolute Gasteiger partial charge is 0.465 e. The first kappa shape index (κ1) is 27.2. The molecule has 204 valence electrons. The van der Waals surface area contributed by atoms with E-state index in [4.69, 9.17) is 9.73 Å². The number of hydrogen-bond acceptors (Lipinski definition) is 8. The molecule has 2 amide bonds. The topological polar surface area (TPSA) is 104 Å². The Bertz CT molecular complexity index is 1630. The molecule has 3 aromatic carbocycles. The molecule has 1 unspecified atom stereocenters. The van der Waals surface area contributed by atoms with E-state index in [1.54, 1.807) is 47.0 Å². The van der Waals surface area contributed by atoms with Gasteiger partial charge in [-0.3, -0.25) is 14.6 Å². The van der Waals surface area contributed by atoms with Gasteiger partial charge in [-0.25, -0.2) is 9.78 Å². The van der Waals surface area contributed by atoms with Gasteiger partial charge in [0, 0.05) is 31.4 Å². The Morgan fingerprint density at radius 2 is 1.77 bits per heavy atom. The first-order chi connectivity index (χ1) is 19.2. The van der Waals surface area contributed by atoms with Crippen molar-refractivity contribution in [2.45, 2.75) is 12.3 Å². The molecule has 0 fully saturated rings. The van der Waals surface area contributed by atoms with E-state index >= 15 is 0 Å². The maximum Gasteiger partial charge on any atom is 0.337 e. The second-order valence-corrected chi connectivity index (χ2v) is 10.7. The fourth-order valence-electron chi connectivity index (χ4n) is 4.61. The highest BCUT2D eigenvalue weighted by Crippen LogP contribution is 2.38. The van der Waals surface area contributed by atoms with E-state index in [2.05, 4.69) is 10.3 Å². The molecule has 9 nitrogen and oxygen atoms in total. The van der Waals surface area contributed by atoms with Crippen LogP contribution in [0.25, 0.3) is 10.2 Å². The lowest BCUT2D eigenvalue weighted by Gasteiger charge is -2.19. The van der Waals surface area contributed by atoms with Crippen LogP contribution in [0.15, 0.2) is 71.2 Å². The summed E-state index contributed by atoms with van der Waals surface area (Å²) >= 11 is 1.54. The Hall–Kier alpha value is -4.41. The monoisotopic (exact) mass is 555 g/mol. The molecule has 10 heteroatoms. The maximum atomic E-state index is 13.4. The minimum Gasteiger partial charge on any atom is -0.465 e. The smallest absolute Gasteiger partial charge is 0.337 e.